The maximum absolute atomic E-state index is 3.99. The van der Waals surface area contributed by atoms with Gasteiger partial charge in [0.05, 0.1) is 0 Å². The highest BCUT2D eigenvalue weighted by atomic mass is 14.9. The molecule has 1 rings (SSSR count). The first-order chi connectivity index (χ1) is 9.61. The Morgan fingerprint density at radius 2 is 1.70 bits per heavy atom. The van der Waals surface area contributed by atoms with E-state index < -0.39 is 0 Å². The average Bonchev–Trinajstić information content (AvgIpc) is 2.38. The quantitative estimate of drug-likeness (QED) is 0.544. The van der Waals surface area contributed by atoms with Crippen molar-refractivity contribution in [3.05, 3.63) is 0 Å². The van der Waals surface area contributed by atoms with Gasteiger partial charge in [-0.05, 0) is 37.5 Å². The minimum absolute atomic E-state index is 0.763. The van der Waals surface area contributed by atoms with Crippen LogP contribution in [0, 0.1) is 11.8 Å². The van der Waals surface area contributed by atoms with Crippen molar-refractivity contribution in [2.24, 2.45) is 11.8 Å². The third-order valence-corrected chi connectivity index (χ3v) is 4.98. The molecule has 0 spiro atoms. The normalized spacial score (nSPS) is 26.2. The summed E-state index contributed by atoms with van der Waals surface area (Å²) in [6.45, 7) is 9.48. The molecule has 20 heavy (non-hydrogen) atoms. The van der Waals surface area contributed by atoms with E-state index in [9.17, 15) is 0 Å². The second-order valence-electron chi connectivity index (χ2n) is 7.63. The van der Waals surface area contributed by atoms with Gasteiger partial charge in [0, 0.05) is 12.1 Å². The summed E-state index contributed by atoms with van der Waals surface area (Å²) in [5, 5.41) is 3.99. The smallest absolute Gasteiger partial charge is 0.00721 e. The molecule has 120 valence electrons. The van der Waals surface area contributed by atoms with Crippen LogP contribution in [0.3, 0.4) is 0 Å². The molecule has 0 radical (unpaired) electrons. The van der Waals surface area contributed by atoms with E-state index in [0.717, 1.165) is 23.9 Å². The first-order valence-electron chi connectivity index (χ1n) is 9.37. The summed E-state index contributed by atoms with van der Waals surface area (Å²) in [6, 6.07) is 1.55. The van der Waals surface area contributed by atoms with Gasteiger partial charge in [0.2, 0.25) is 0 Å². The molecular formula is C19H39N. The van der Waals surface area contributed by atoms with Gasteiger partial charge in [-0.25, -0.2) is 0 Å². The number of nitrogens with one attached hydrogen (secondary N) is 1. The molecule has 0 bridgehead atoms. The van der Waals surface area contributed by atoms with Crippen LogP contribution in [0.2, 0.25) is 0 Å². The predicted molar refractivity (Wildman–Crippen MR) is 91.2 cm³/mol. The van der Waals surface area contributed by atoms with Crippen LogP contribution in [-0.4, -0.2) is 12.1 Å². The minimum Gasteiger partial charge on any atom is -0.311 e. The van der Waals surface area contributed by atoms with E-state index in [0.29, 0.717) is 0 Å². The zero-order chi connectivity index (χ0) is 14.8. The summed E-state index contributed by atoms with van der Waals surface area (Å²) in [5.74, 6) is 1.79. The van der Waals surface area contributed by atoms with E-state index in [4.69, 9.17) is 0 Å². The number of hydrogen-bond acceptors (Lipinski definition) is 1. The summed E-state index contributed by atoms with van der Waals surface area (Å²) in [6.07, 6.45) is 15.5. The predicted octanol–water partition coefficient (Wildman–Crippen LogP) is 5.93. The summed E-state index contributed by atoms with van der Waals surface area (Å²) in [4.78, 5) is 0. The largest absolute Gasteiger partial charge is 0.311 e. The summed E-state index contributed by atoms with van der Waals surface area (Å²) >= 11 is 0. The Balaban J connectivity index is 2.26. The highest BCUT2D eigenvalue weighted by molar-refractivity contribution is 4.77. The van der Waals surface area contributed by atoms with Crippen molar-refractivity contribution in [3.63, 3.8) is 0 Å². The lowest BCUT2D eigenvalue weighted by molar-refractivity contribution is 0.291. The molecule has 0 aromatic carbocycles. The Bertz CT molecular complexity index is 224. The molecule has 1 aliphatic rings. The second-order valence-corrected chi connectivity index (χ2v) is 7.63. The van der Waals surface area contributed by atoms with Gasteiger partial charge in [0.1, 0.15) is 0 Å². The Hall–Kier alpha value is -0.0400. The van der Waals surface area contributed by atoms with Gasteiger partial charge in [-0.15, -0.1) is 0 Å². The van der Waals surface area contributed by atoms with E-state index in [1.807, 2.05) is 0 Å². The molecule has 0 aromatic heterocycles. The topological polar surface area (TPSA) is 12.0 Å². The third kappa shape index (κ3) is 8.29. The van der Waals surface area contributed by atoms with Gasteiger partial charge in [-0.3, -0.25) is 0 Å². The van der Waals surface area contributed by atoms with Crippen molar-refractivity contribution in [3.8, 4) is 0 Å². The zero-order valence-corrected chi connectivity index (χ0v) is 14.6. The Morgan fingerprint density at radius 3 is 2.40 bits per heavy atom. The van der Waals surface area contributed by atoms with Gasteiger partial charge in [0.25, 0.3) is 0 Å². The molecule has 0 heterocycles. The van der Waals surface area contributed by atoms with E-state index >= 15 is 0 Å². The van der Waals surface area contributed by atoms with Crippen LogP contribution in [0.1, 0.15) is 98.3 Å². The standard InChI is InChI=1S/C19H39N/c1-5-18(13-10-9-11-16(2)3)20-19-14-8-6-7-12-17(4)15-19/h16-20H,5-15H2,1-4H3. The van der Waals surface area contributed by atoms with Crippen LogP contribution < -0.4 is 5.32 Å². The van der Waals surface area contributed by atoms with Crippen molar-refractivity contribution in [1.29, 1.82) is 0 Å². The molecular weight excluding hydrogens is 242 g/mol. The Morgan fingerprint density at radius 1 is 1.00 bits per heavy atom. The maximum atomic E-state index is 3.99. The molecule has 0 amide bonds. The zero-order valence-electron chi connectivity index (χ0n) is 14.6. The molecule has 0 aromatic rings. The van der Waals surface area contributed by atoms with E-state index in [-0.39, 0.29) is 0 Å². The Kier molecular flexibility index (Phi) is 9.59. The van der Waals surface area contributed by atoms with Crippen molar-refractivity contribution in [1.82, 2.24) is 5.32 Å². The fourth-order valence-corrected chi connectivity index (χ4v) is 3.62. The molecule has 0 aliphatic heterocycles. The molecule has 1 nitrogen and oxygen atoms in total. The second kappa shape index (κ2) is 10.7. The van der Waals surface area contributed by atoms with E-state index in [2.05, 4.69) is 33.0 Å². The number of rotatable bonds is 8. The molecule has 0 saturated heterocycles. The highest BCUT2D eigenvalue weighted by Gasteiger charge is 2.18. The number of hydrogen-bond donors (Lipinski definition) is 1. The first-order valence-corrected chi connectivity index (χ1v) is 9.37. The van der Waals surface area contributed by atoms with Crippen LogP contribution in [0.15, 0.2) is 0 Å². The van der Waals surface area contributed by atoms with Crippen LogP contribution in [0.25, 0.3) is 0 Å². The Labute approximate surface area is 128 Å². The summed E-state index contributed by atoms with van der Waals surface area (Å²) in [5.41, 5.74) is 0. The van der Waals surface area contributed by atoms with Crippen LogP contribution in [-0.2, 0) is 0 Å². The molecule has 1 aliphatic carbocycles. The average molecular weight is 282 g/mol. The van der Waals surface area contributed by atoms with Crippen molar-refractivity contribution >= 4 is 0 Å². The fraction of sp³-hybridized carbons (Fsp3) is 1.00. The number of unbranched alkanes of at least 4 members (excludes halogenated alkanes) is 1. The monoisotopic (exact) mass is 281 g/mol. The van der Waals surface area contributed by atoms with Crippen LogP contribution >= 0.6 is 0 Å². The van der Waals surface area contributed by atoms with Crippen molar-refractivity contribution < 1.29 is 0 Å². The lowest BCUT2D eigenvalue weighted by atomic mass is 9.88. The van der Waals surface area contributed by atoms with Gasteiger partial charge < -0.3 is 5.32 Å². The van der Waals surface area contributed by atoms with Crippen molar-refractivity contribution in [2.75, 3.05) is 0 Å². The first kappa shape index (κ1) is 18.0. The molecule has 1 heteroatoms. The SMILES string of the molecule is CCC(CCCCC(C)C)NC1CCCCCC(C)C1. The molecule has 1 fully saturated rings. The van der Waals surface area contributed by atoms with E-state index in [1.54, 1.807) is 0 Å². The van der Waals surface area contributed by atoms with Gasteiger partial charge in [0.15, 0.2) is 0 Å². The van der Waals surface area contributed by atoms with Gasteiger partial charge in [-0.1, -0.05) is 72.6 Å². The summed E-state index contributed by atoms with van der Waals surface area (Å²) in [7, 11) is 0. The molecule has 3 unspecified atom stereocenters. The highest BCUT2D eigenvalue weighted by Crippen LogP contribution is 2.23. The van der Waals surface area contributed by atoms with Crippen molar-refractivity contribution in [2.45, 2.75) is 110 Å². The van der Waals surface area contributed by atoms with Gasteiger partial charge in [-0.2, -0.15) is 0 Å². The lowest BCUT2D eigenvalue weighted by Gasteiger charge is -2.29. The lowest BCUT2D eigenvalue weighted by Crippen LogP contribution is -2.39. The van der Waals surface area contributed by atoms with Crippen LogP contribution in [0.4, 0.5) is 0 Å². The van der Waals surface area contributed by atoms with Crippen LogP contribution in [0.5, 0.6) is 0 Å². The maximum Gasteiger partial charge on any atom is 0.00721 e. The van der Waals surface area contributed by atoms with Gasteiger partial charge >= 0.3 is 0 Å². The summed E-state index contributed by atoms with van der Waals surface area (Å²) < 4.78 is 0. The molecule has 3 atom stereocenters. The minimum atomic E-state index is 0.763. The third-order valence-electron chi connectivity index (χ3n) is 4.98. The van der Waals surface area contributed by atoms with E-state index in [1.165, 1.54) is 70.6 Å². The molecule has 1 saturated carbocycles. The molecule has 1 N–H and O–H groups in total. The fourth-order valence-electron chi connectivity index (χ4n) is 3.62.